The number of rotatable bonds is 4. The molecule has 0 saturated carbocycles. The van der Waals surface area contributed by atoms with Crippen LogP contribution in [0.3, 0.4) is 0 Å². The Labute approximate surface area is 105 Å². The lowest BCUT2D eigenvalue weighted by Crippen LogP contribution is -2.40. The molecule has 6 heteroatoms. The number of Topliss-reactive ketones (excluding diaryl/α,β-unsaturated/α-hetero) is 1. The van der Waals surface area contributed by atoms with Crippen LogP contribution >= 0.6 is 11.6 Å². The fourth-order valence-corrected chi connectivity index (χ4v) is 2.52. The summed E-state index contributed by atoms with van der Waals surface area (Å²) in [5.41, 5.74) is -0.0488. The van der Waals surface area contributed by atoms with E-state index in [9.17, 15) is 17.6 Å². The Kier molecular flexibility index (Phi) is 3.94. The Morgan fingerprint density at radius 2 is 2.06 bits per heavy atom. The monoisotopic (exact) mass is 278 g/mol. The van der Waals surface area contributed by atoms with Gasteiger partial charge in [0.1, 0.15) is 5.82 Å². The first-order valence-electron chi connectivity index (χ1n) is 4.91. The van der Waals surface area contributed by atoms with Crippen molar-refractivity contribution in [3.63, 3.8) is 0 Å². The topological polar surface area (TPSA) is 51.2 Å². The summed E-state index contributed by atoms with van der Waals surface area (Å²) in [6.07, 6.45) is 0.809. The van der Waals surface area contributed by atoms with Gasteiger partial charge in [0, 0.05) is 11.8 Å². The van der Waals surface area contributed by atoms with E-state index in [4.69, 9.17) is 11.6 Å². The average molecular weight is 279 g/mol. The minimum Gasteiger partial charge on any atom is -0.291 e. The summed E-state index contributed by atoms with van der Waals surface area (Å²) < 4.78 is 34.0. The van der Waals surface area contributed by atoms with Gasteiger partial charge >= 0.3 is 0 Å². The van der Waals surface area contributed by atoms with Crippen molar-refractivity contribution in [2.45, 2.75) is 17.6 Å². The molecule has 0 aliphatic carbocycles. The van der Waals surface area contributed by atoms with Crippen LogP contribution in [0.5, 0.6) is 0 Å². The Balaban J connectivity index is 3.29. The molecule has 0 heterocycles. The van der Waals surface area contributed by atoms with Gasteiger partial charge in [-0.1, -0.05) is 30.7 Å². The highest BCUT2D eigenvalue weighted by Gasteiger charge is 2.45. The first-order chi connectivity index (χ1) is 7.72. The molecule has 0 saturated heterocycles. The lowest BCUT2D eigenvalue weighted by molar-refractivity contribution is 0.0970. The minimum atomic E-state index is -3.78. The zero-order valence-corrected chi connectivity index (χ0v) is 11.0. The second kappa shape index (κ2) is 4.74. The first-order valence-corrected chi connectivity index (χ1v) is 7.18. The third-order valence-electron chi connectivity index (χ3n) is 2.47. The summed E-state index contributed by atoms with van der Waals surface area (Å²) in [4.78, 5) is 12.0. The maximum Gasteiger partial charge on any atom is 0.207 e. The summed E-state index contributed by atoms with van der Waals surface area (Å²) in [7, 11) is -3.78. The van der Waals surface area contributed by atoms with E-state index >= 15 is 0 Å². The summed E-state index contributed by atoms with van der Waals surface area (Å²) in [5, 5.41) is 0. The van der Waals surface area contributed by atoms with Gasteiger partial charge in [0.05, 0.1) is 0 Å². The number of halogens is 2. The largest absolute Gasteiger partial charge is 0.291 e. The van der Waals surface area contributed by atoms with Crippen LogP contribution in [0.25, 0.3) is 0 Å². The summed E-state index contributed by atoms with van der Waals surface area (Å²) >= 11 is 5.88. The van der Waals surface area contributed by atoms with Crippen molar-refractivity contribution in [1.82, 2.24) is 0 Å². The highest BCUT2D eigenvalue weighted by atomic mass is 35.5. The Morgan fingerprint density at radius 1 is 1.47 bits per heavy atom. The molecule has 3 nitrogen and oxygen atoms in total. The molecule has 17 heavy (non-hydrogen) atoms. The molecule has 0 spiro atoms. The van der Waals surface area contributed by atoms with Gasteiger partial charge in [-0.2, -0.15) is 0 Å². The molecule has 0 aliphatic rings. The third kappa shape index (κ3) is 2.66. The molecule has 0 bridgehead atoms. The van der Waals surface area contributed by atoms with Crippen molar-refractivity contribution in [1.29, 1.82) is 0 Å². The molecule has 0 fully saturated rings. The van der Waals surface area contributed by atoms with Gasteiger partial charge in [0.25, 0.3) is 0 Å². The van der Waals surface area contributed by atoms with Crippen LogP contribution in [0.2, 0.25) is 0 Å². The normalized spacial score (nSPS) is 15.3. The van der Waals surface area contributed by atoms with E-state index in [1.165, 1.54) is 25.1 Å². The highest BCUT2D eigenvalue weighted by molar-refractivity contribution is 7.94. The first kappa shape index (κ1) is 14.1. The third-order valence-corrected chi connectivity index (χ3v) is 5.40. The van der Waals surface area contributed by atoms with E-state index in [1.807, 2.05) is 0 Å². The lowest BCUT2D eigenvalue weighted by atomic mass is 10.1. The van der Waals surface area contributed by atoms with E-state index < -0.39 is 25.6 Å². The van der Waals surface area contributed by atoms with E-state index in [2.05, 4.69) is 0 Å². The standard InChI is InChI=1S/C11H12ClFO3S/c1-3-11(12,17(2,15)16)10(14)8-5-4-6-9(13)7-8/h4-7H,3H2,1-2H3. The lowest BCUT2D eigenvalue weighted by Gasteiger charge is -2.21. The van der Waals surface area contributed by atoms with Gasteiger partial charge < -0.3 is 0 Å². The number of alkyl halides is 1. The molecule has 1 aromatic rings. The van der Waals surface area contributed by atoms with Crippen LogP contribution in [-0.2, 0) is 9.84 Å². The number of carbonyl (C=O) groups is 1. The Morgan fingerprint density at radius 3 is 2.47 bits per heavy atom. The van der Waals surface area contributed by atoms with Crippen LogP contribution in [0.15, 0.2) is 24.3 Å². The van der Waals surface area contributed by atoms with E-state index in [0.717, 1.165) is 12.3 Å². The zero-order valence-electron chi connectivity index (χ0n) is 9.41. The molecule has 1 unspecified atom stereocenters. The van der Waals surface area contributed by atoms with Crippen LogP contribution in [0.4, 0.5) is 4.39 Å². The molecule has 1 atom stereocenters. The van der Waals surface area contributed by atoms with E-state index in [0.29, 0.717) is 0 Å². The van der Waals surface area contributed by atoms with Crippen LogP contribution < -0.4 is 0 Å². The summed E-state index contributed by atoms with van der Waals surface area (Å²) in [6, 6.07) is 4.81. The highest BCUT2D eigenvalue weighted by Crippen LogP contribution is 2.30. The van der Waals surface area contributed by atoms with Gasteiger partial charge in [-0.05, 0) is 18.6 Å². The fourth-order valence-electron chi connectivity index (χ4n) is 1.44. The zero-order chi connectivity index (χ0) is 13.3. The Bertz CT molecular complexity index is 541. The van der Waals surface area contributed by atoms with Gasteiger partial charge in [0.2, 0.25) is 4.21 Å². The number of hydrogen-bond acceptors (Lipinski definition) is 3. The second-order valence-electron chi connectivity index (χ2n) is 3.69. The van der Waals surface area contributed by atoms with Gasteiger partial charge in [0.15, 0.2) is 15.6 Å². The van der Waals surface area contributed by atoms with Crippen molar-refractivity contribution in [3.05, 3.63) is 35.6 Å². The average Bonchev–Trinajstić information content (AvgIpc) is 2.25. The SMILES string of the molecule is CCC(Cl)(C(=O)c1cccc(F)c1)S(C)(=O)=O. The maximum absolute atomic E-state index is 13.0. The smallest absolute Gasteiger partial charge is 0.207 e. The van der Waals surface area contributed by atoms with Crippen molar-refractivity contribution >= 4 is 27.2 Å². The molecule has 0 aromatic heterocycles. The number of ketones is 1. The predicted molar refractivity (Wildman–Crippen MR) is 64.4 cm³/mol. The summed E-state index contributed by atoms with van der Waals surface area (Å²) in [6.45, 7) is 1.49. The maximum atomic E-state index is 13.0. The van der Waals surface area contributed by atoms with Gasteiger partial charge in [-0.25, -0.2) is 12.8 Å². The molecule has 94 valence electrons. The van der Waals surface area contributed by atoms with Crippen LogP contribution in [0, 0.1) is 5.82 Å². The summed E-state index contributed by atoms with van der Waals surface area (Å²) in [5.74, 6) is -1.41. The molecule has 1 rings (SSSR count). The molecule has 1 aromatic carbocycles. The number of hydrogen-bond donors (Lipinski definition) is 0. The molecule has 0 radical (unpaired) electrons. The minimum absolute atomic E-state index is 0.0488. The second-order valence-corrected chi connectivity index (χ2v) is 6.80. The van der Waals surface area contributed by atoms with Crippen molar-refractivity contribution in [2.75, 3.05) is 6.26 Å². The van der Waals surface area contributed by atoms with Gasteiger partial charge in [-0.15, -0.1) is 0 Å². The van der Waals surface area contributed by atoms with Gasteiger partial charge in [-0.3, -0.25) is 4.79 Å². The van der Waals surface area contributed by atoms with E-state index in [-0.39, 0.29) is 12.0 Å². The number of benzene rings is 1. The van der Waals surface area contributed by atoms with Crippen LogP contribution in [-0.4, -0.2) is 24.7 Å². The van der Waals surface area contributed by atoms with Crippen LogP contribution in [0.1, 0.15) is 23.7 Å². The molecule has 0 aliphatic heterocycles. The molecular formula is C11H12ClFO3S. The number of carbonyl (C=O) groups excluding carboxylic acids is 1. The fraction of sp³-hybridized carbons (Fsp3) is 0.364. The Hall–Kier alpha value is -0.940. The molecular weight excluding hydrogens is 267 g/mol. The molecule has 0 N–H and O–H groups in total. The number of sulfone groups is 1. The predicted octanol–water partition coefficient (Wildman–Crippen LogP) is 2.40. The quantitative estimate of drug-likeness (QED) is 0.628. The van der Waals surface area contributed by atoms with Crippen molar-refractivity contribution < 1.29 is 17.6 Å². The molecule has 0 amide bonds. The van der Waals surface area contributed by atoms with E-state index in [1.54, 1.807) is 0 Å². The van der Waals surface area contributed by atoms with Crippen molar-refractivity contribution in [2.24, 2.45) is 0 Å². The van der Waals surface area contributed by atoms with Crippen molar-refractivity contribution in [3.8, 4) is 0 Å².